The van der Waals surface area contributed by atoms with Crippen LogP contribution in [0.15, 0.2) is 41.6 Å². The quantitative estimate of drug-likeness (QED) is 0.820. The molecular formula is C15H21N3S. The first-order valence-electron chi connectivity index (χ1n) is 6.62. The topological polar surface area (TPSA) is 29.9 Å². The minimum Gasteiger partial charge on any atom is -0.310 e. The summed E-state index contributed by atoms with van der Waals surface area (Å²) in [7, 11) is 1.95. The first-order valence-corrected chi connectivity index (χ1v) is 7.61. The number of hydrogen-bond donors (Lipinski definition) is 1. The zero-order valence-electron chi connectivity index (χ0n) is 11.8. The Morgan fingerprint density at radius 2 is 2.26 bits per heavy atom. The van der Waals surface area contributed by atoms with Crippen LogP contribution in [-0.4, -0.2) is 16.3 Å². The van der Waals surface area contributed by atoms with Crippen LogP contribution in [0.5, 0.6) is 0 Å². The fourth-order valence-corrected chi connectivity index (χ4v) is 2.89. The van der Waals surface area contributed by atoms with Crippen LogP contribution in [0.3, 0.4) is 0 Å². The average molecular weight is 275 g/mol. The number of nitrogens with zero attached hydrogens (tertiary/aromatic N) is 2. The number of hydrogen-bond acceptors (Lipinski definition) is 3. The van der Waals surface area contributed by atoms with Crippen LogP contribution in [0.2, 0.25) is 0 Å². The second-order valence-corrected chi connectivity index (χ2v) is 5.71. The summed E-state index contributed by atoms with van der Waals surface area (Å²) in [6.07, 6.45) is 4.00. The van der Waals surface area contributed by atoms with E-state index in [4.69, 9.17) is 0 Å². The van der Waals surface area contributed by atoms with Crippen LogP contribution in [0.25, 0.3) is 0 Å². The lowest BCUT2D eigenvalue weighted by atomic mass is 10.1. The van der Waals surface area contributed by atoms with Crippen molar-refractivity contribution in [2.75, 3.05) is 6.54 Å². The molecule has 0 fully saturated rings. The van der Waals surface area contributed by atoms with Gasteiger partial charge in [0.05, 0.1) is 6.20 Å². The highest BCUT2D eigenvalue weighted by Crippen LogP contribution is 2.25. The lowest BCUT2D eigenvalue weighted by molar-refractivity contribution is 0.597. The first-order chi connectivity index (χ1) is 9.19. The molecule has 0 aliphatic heterocycles. The van der Waals surface area contributed by atoms with Gasteiger partial charge in [-0.25, -0.2) is 0 Å². The van der Waals surface area contributed by atoms with Gasteiger partial charge in [0.15, 0.2) is 0 Å². The highest BCUT2D eigenvalue weighted by Gasteiger charge is 2.05. The van der Waals surface area contributed by atoms with Gasteiger partial charge in [-0.2, -0.15) is 5.10 Å². The van der Waals surface area contributed by atoms with Gasteiger partial charge >= 0.3 is 0 Å². The molecule has 0 saturated heterocycles. The SMILES string of the molecule is CCNC(C)c1cccc(SCc2cnn(C)c2)c1. The highest BCUT2D eigenvalue weighted by molar-refractivity contribution is 7.98. The van der Waals surface area contributed by atoms with Gasteiger partial charge in [0.25, 0.3) is 0 Å². The van der Waals surface area contributed by atoms with E-state index in [-0.39, 0.29) is 0 Å². The Kier molecular flexibility index (Phi) is 5.05. The molecule has 0 aliphatic carbocycles. The molecule has 0 amide bonds. The van der Waals surface area contributed by atoms with E-state index in [1.54, 1.807) is 0 Å². The molecule has 1 aromatic carbocycles. The third kappa shape index (κ3) is 4.11. The predicted octanol–water partition coefficient (Wildman–Crippen LogP) is 3.38. The number of nitrogens with one attached hydrogen (secondary N) is 1. The third-order valence-electron chi connectivity index (χ3n) is 3.03. The standard InChI is InChI=1S/C15H21N3S/c1-4-16-12(2)14-6-5-7-15(8-14)19-11-13-9-17-18(3)10-13/h5-10,12,16H,4,11H2,1-3H3. The van der Waals surface area contributed by atoms with Gasteiger partial charge in [-0.3, -0.25) is 4.68 Å². The molecule has 0 radical (unpaired) electrons. The van der Waals surface area contributed by atoms with Crippen molar-refractivity contribution in [3.63, 3.8) is 0 Å². The molecule has 1 unspecified atom stereocenters. The Morgan fingerprint density at radius 3 is 2.95 bits per heavy atom. The zero-order valence-corrected chi connectivity index (χ0v) is 12.6. The summed E-state index contributed by atoms with van der Waals surface area (Å²) in [6, 6.07) is 9.16. The van der Waals surface area contributed by atoms with E-state index in [1.807, 2.05) is 29.7 Å². The Hall–Kier alpha value is -1.26. The van der Waals surface area contributed by atoms with E-state index in [9.17, 15) is 0 Å². The molecule has 1 aromatic heterocycles. The van der Waals surface area contributed by atoms with Gasteiger partial charge in [-0.15, -0.1) is 11.8 Å². The van der Waals surface area contributed by atoms with Crippen LogP contribution >= 0.6 is 11.8 Å². The highest BCUT2D eigenvalue weighted by atomic mass is 32.2. The molecule has 1 N–H and O–H groups in total. The number of aromatic nitrogens is 2. The summed E-state index contributed by atoms with van der Waals surface area (Å²) >= 11 is 1.86. The van der Waals surface area contributed by atoms with Gasteiger partial charge in [0.2, 0.25) is 0 Å². The largest absolute Gasteiger partial charge is 0.310 e. The molecule has 0 aliphatic rings. The predicted molar refractivity (Wildman–Crippen MR) is 81.3 cm³/mol. The Bertz CT molecular complexity index is 522. The second kappa shape index (κ2) is 6.78. The smallest absolute Gasteiger partial charge is 0.0530 e. The molecule has 102 valence electrons. The van der Waals surface area contributed by atoms with E-state index < -0.39 is 0 Å². The van der Waals surface area contributed by atoms with Crippen LogP contribution in [0.4, 0.5) is 0 Å². The van der Waals surface area contributed by atoms with Crippen molar-refractivity contribution in [1.82, 2.24) is 15.1 Å². The fourth-order valence-electron chi connectivity index (χ4n) is 2.01. The van der Waals surface area contributed by atoms with Gasteiger partial charge in [0.1, 0.15) is 0 Å². The monoisotopic (exact) mass is 275 g/mol. The summed E-state index contributed by atoms with van der Waals surface area (Å²) in [6.45, 7) is 5.33. The molecule has 4 heteroatoms. The minimum atomic E-state index is 0.406. The van der Waals surface area contributed by atoms with Crippen molar-refractivity contribution in [1.29, 1.82) is 0 Å². The fraction of sp³-hybridized carbons (Fsp3) is 0.400. The van der Waals surface area contributed by atoms with Crippen molar-refractivity contribution in [2.45, 2.75) is 30.5 Å². The molecular weight excluding hydrogens is 254 g/mol. The van der Waals surface area contributed by atoms with E-state index >= 15 is 0 Å². The molecule has 1 atom stereocenters. The summed E-state index contributed by atoms with van der Waals surface area (Å²) in [5.41, 5.74) is 2.61. The molecule has 1 heterocycles. The molecule has 3 nitrogen and oxygen atoms in total. The van der Waals surface area contributed by atoms with Gasteiger partial charge < -0.3 is 5.32 Å². The Morgan fingerprint density at radius 1 is 1.42 bits per heavy atom. The maximum absolute atomic E-state index is 4.19. The van der Waals surface area contributed by atoms with Crippen LogP contribution in [0.1, 0.15) is 31.0 Å². The summed E-state index contributed by atoms with van der Waals surface area (Å²) in [5, 5.41) is 7.64. The summed E-state index contributed by atoms with van der Waals surface area (Å²) < 4.78 is 1.85. The third-order valence-corrected chi connectivity index (χ3v) is 4.10. The van der Waals surface area contributed by atoms with Crippen LogP contribution < -0.4 is 5.32 Å². The normalized spacial score (nSPS) is 12.6. The Labute approximate surface area is 119 Å². The van der Waals surface area contributed by atoms with Gasteiger partial charge in [-0.05, 0) is 31.2 Å². The summed E-state index contributed by atoms with van der Waals surface area (Å²) in [5.74, 6) is 0.965. The lowest BCUT2D eigenvalue weighted by Crippen LogP contribution is -2.17. The van der Waals surface area contributed by atoms with E-state index in [2.05, 4.69) is 54.7 Å². The van der Waals surface area contributed by atoms with Crippen LogP contribution in [0, 0.1) is 0 Å². The molecule has 19 heavy (non-hydrogen) atoms. The van der Waals surface area contributed by atoms with Crippen molar-refractivity contribution in [3.8, 4) is 0 Å². The minimum absolute atomic E-state index is 0.406. The van der Waals surface area contributed by atoms with E-state index in [0.29, 0.717) is 6.04 Å². The van der Waals surface area contributed by atoms with Crippen LogP contribution in [-0.2, 0) is 12.8 Å². The number of benzene rings is 1. The number of thioether (sulfide) groups is 1. The maximum atomic E-state index is 4.19. The molecule has 0 bridgehead atoms. The molecule has 2 aromatic rings. The van der Waals surface area contributed by atoms with Gasteiger partial charge in [-0.1, -0.05) is 19.1 Å². The average Bonchev–Trinajstić information content (AvgIpc) is 2.83. The van der Waals surface area contributed by atoms with Crippen molar-refractivity contribution in [3.05, 3.63) is 47.8 Å². The van der Waals surface area contributed by atoms with Crippen molar-refractivity contribution >= 4 is 11.8 Å². The summed E-state index contributed by atoms with van der Waals surface area (Å²) in [4.78, 5) is 1.31. The molecule has 0 spiro atoms. The number of aryl methyl sites for hydroxylation is 1. The van der Waals surface area contributed by atoms with Crippen molar-refractivity contribution in [2.24, 2.45) is 7.05 Å². The first kappa shape index (κ1) is 14.2. The second-order valence-electron chi connectivity index (χ2n) is 4.66. The zero-order chi connectivity index (χ0) is 13.7. The van der Waals surface area contributed by atoms with Crippen molar-refractivity contribution < 1.29 is 0 Å². The lowest BCUT2D eigenvalue weighted by Gasteiger charge is -2.13. The van der Waals surface area contributed by atoms with E-state index in [1.165, 1.54) is 16.0 Å². The van der Waals surface area contributed by atoms with E-state index in [0.717, 1.165) is 12.3 Å². The Balaban J connectivity index is 1.98. The van der Waals surface area contributed by atoms with Gasteiger partial charge in [0, 0.05) is 35.5 Å². The molecule has 2 rings (SSSR count). The maximum Gasteiger partial charge on any atom is 0.0530 e. The molecule has 0 saturated carbocycles. The number of rotatable bonds is 6.